The Morgan fingerprint density at radius 1 is 1.08 bits per heavy atom. The first-order chi connectivity index (χ1) is 12.4. The number of hydrogen-bond acceptors (Lipinski definition) is 4. The first-order valence-electron chi connectivity index (χ1n) is 8.58. The molecule has 1 aromatic carbocycles. The third-order valence-corrected chi connectivity index (χ3v) is 5.30. The van der Waals surface area contributed by atoms with Crippen molar-refractivity contribution < 1.29 is 13.2 Å². The van der Waals surface area contributed by atoms with Crippen molar-refractivity contribution in [2.45, 2.75) is 32.9 Å². The molecular formula is C19H25N3O3S. The molecule has 0 fully saturated rings. The van der Waals surface area contributed by atoms with Gasteiger partial charge in [-0.1, -0.05) is 50.2 Å². The van der Waals surface area contributed by atoms with Crippen LogP contribution in [0.4, 0.5) is 0 Å². The molecular weight excluding hydrogens is 350 g/mol. The van der Waals surface area contributed by atoms with Crippen LogP contribution in [0.1, 0.15) is 25.0 Å². The van der Waals surface area contributed by atoms with Crippen molar-refractivity contribution in [3.8, 4) is 0 Å². The summed E-state index contributed by atoms with van der Waals surface area (Å²) in [5.41, 5.74) is 1.80. The summed E-state index contributed by atoms with van der Waals surface area (Å²) >= 11 is 0. The van der Waals surface area contributed by atoms with Gasteiger partial charge in [0.2, 0.25) is 15.9 Å². The molecule has 0 saturated carbocycles. The average Bonchev–Trinajstić information content (AvgIpc) is 2.64. The van der Waals surface area contributed by atoms with E-state index in [1.807, 2.05) is 50.2 Å². The van der Waals surface area contributed by atoms with Crippen LogP contribution in [-0.4, -0.2) is 31.1 Å². The molecule has 0 aliphatic rings. The second kappa shape index (κ2) is 9.45. The second-order valence-electron chi connectivity index (χ2n) is 6.47. The zero-order chi connectivity index (χ0) is 19.0. The first kappa shape index (κ1) is 20.1. The van der Waals surface area contributed by atoms with Gasteiger partial charge in [0.25, 0.3) is 0 Å². The van der Waals surface area contributed by atoms with Gasteiger partial charge in [0.15, 0.2) is 0 Å². The SMILES string of the molecule is CC(C)[C@@H](NS(=O)(=O)CCc1ccccc1)C(=O)NCc1cccnc1. The van der Waals surface area contributed by atoms with Gasteiger partial charge >= 0.3 is 0 Å². The number of aromatic nitrogens is 1. The summed E-state index contributed by atoms with van der Waals surface area (Å²) in [4.78, 5) is 16.4. The van der Waals surface area contributed by atoms with Crippen LogP contribution in [0, 0.1) is 5.92 Å². The van der Waals surface area contributed by atoms with Crippen LogP contribution < -0.4 is 10.0 Å². The number of aryl methyl sites for hydroxylation is 1. The summed E-state index contributed by atoms with van der Waals surface area (Å²) in [6.07, 6.45) is 3.72. The zero-order valence-corrected chi connectivity index (χ0v) is 15.9. The molecule has 1 amide bonds. The van der Waals surface area contributed by atoms with E-state index in [9.17, 15) is 13.2 Å². The van der Waals surface area contributed by atoms with Crippen molar-refractivity contribution in [2.24, 2.45) is 5.92 Å². The van der Waals surface area contributed by atoms with E-state index < -0.39 is 16.1 Å². The molecule has 0 radical (unpaired) electrons. The summed E-state index contributed by atoms with van der Waals surface area (Å²) < 4.78 is 27.3. The molecule has 0 bridgehead atoms. The summed E-state index contributed by atoms with van der Waals surface area (Å²) in [5, 5.41) is 2.77. The minimum atomic E-state index is -3.58. The number of rotatable bonds is 9. The molecule has 0 aliphatic heterocycles. The highest BCUT2D eigenvalue weighted by molar-refractivity contribution is 7.89. The maximum Gasteiger partial charge on any atom is 0.238 e. The Hall–Kier alpha value is -2.25. The number of carbonyl (C=O) groups excluding carboxylic acids is 1. The lowest BCUT2D eigenvalue weighted by molar-refractivity contribution is -0.123. The van der Waals surface area contributed by atoms with Gasteiger partial charge in [-0.05, 0) is 29.5 Å². The highest BCUT2D eigenvalue weighted by Gasteiger charge is 2.27. The van der Waals surface area contributed by atoms with Gasteiger partial charge in [0, 0.05) is 18.9 Å². The standard InChI is InChI=1S/C19H25N3O3S/c1-15(2)18(19(23)21-14-17-9-6-11-20-13-17)22-26(24,25)12-10-16-7-4-3-5-8-16/h3-9,11,13,15,18,22H,10,12,14H2,1-2H3,(H,21,23)/t18-/m1/s1. The van der Waals surface area contributed by atoms with Gasteiger partial charge < -0.3 is 5.32 Å². The Morgan fingerprint density at radius 2 is 1.77 bits per heavy atom. The number of benzene rings is 1. The predicted octanol–water partition coefficient (Wildman–Crippen LogP) is 1.88. The van der Waals surface area contributed by atoms with Crippen molar-refractivity contribution in [2.75, 3.05) is 5.75 Å². The summed E-state index contributed by atoms with van der Waals surface area (Å²) in [7, 11) is -3.58. The number of nitrogens with zero attached hydrogens (tertiary/aromatic N) is 1. The molecule has 7 heteroatoms. The molecule has 0 spiro atoms. The molecule has 1 aromatic heterocycles. The van der Waals surface area contributed by atoms with Gasteiger partial charge in [-0.15, -0.1) is 0 Å². The van der Waals surface area contributed by atoms with Crippen molar-refractivity contribution >= 4 is 15.9 Å². The molecule has 2 aromatic rings. The molecule has 6 nitrogen and oxygen atoms in total. The number of pyridine rings is 1. The molecule has 0 unspecified atom stereocenters. The molecule has 1 atom stereocenters. The van der Waals surface area contributed by atoms with Crippen molar-refractivity contribution in [3.63, 3.8) is 0 Å². The van der Waals surface area contributed by atoms with Gasteiger partial charge in [0.1, 0.15) is 6.04 Å². The normalized spacial score (nSPS) is 12.7. The van der Waals surface area contributed by atoms with Crippen molar-refractivity contribution in [1.82, 2.24) is 15.0 Å². The Morgan fingerprint density at radius 3 is 2.38 bits per heavy atom. The molecule has 1 heterocycles. The Labute approximate surface area is 155 Å². The van der Waals surface area contributed by atoms with Crippen LogP contribution in [-0.2, 0) is 27.8 Å². The van der Waals surface area contributed by atoms with Crippen LogP contribution in [0.3, 0.4) is 0 Å². The monoisotopic (exact) mass is 375 g/mol. The van der Waals surface area contributed by atoms with E-state index in [-0.39, 0.29) is 17.6 Å². The van der Waals surface area contributed by atoms with Crippen LogP contribution in [0.5, 0.6) is 0 Å². The number of hydrogen-bond donors (Lipinski definition) is 2. The molecule has 0 saturated heterocycles. The molecule has 0 aliphatic carbocycles. The first-order valence-corrected chi connectivity index (χ1v) is 10.2. The van der Waals surface area contributed by atoms with E-state index in [4.69, 9.17) is 0 Å². The topological polar surface area (TPSA) is 88.2 Å². The van der Waals surface area contributed by atoms with Crippen LogP contribution >= 0.6 is 0 Å². The van der Waals surface area contributed by atoms with E-state index in [0.29, 0.717) is 13.0 Å². The van der Waals surface area contributed by atoms with Gasteiger partial charge in [-0.25, -0.2) is 13.1 Å². The number of carbonyl (C=O) groups is 1. The summed E-state index contributed by atoms with van der Waals surface area (Å²) in [6.45, 7) is 3.93. The van der Waals surface area contributed by atoms with Crippen LogP contribution in [0.25, 0.3) is 0 Å². The zero-order valence-electron chi connectivity index (χ0n) is 15.1. The maximum absolute atomic E-state index is 12.5. The van der Waals surface area contributed by atoms with Gasteiger partial charge in [-0.3, -0.25) is 9.78 Å². The van der Waals surface area contributed by atoms with E-state index in [1.54, 1.807) is 18.5 Å². The Kier molecular flexibility index (Phi) is 7.29. The van der Waals surface area contributed by atoms with E-state index in [1.165, 1.54) is 0 Å². The van der Waals surface area contributed by atoms with E-state index >= 15 is 0 Å². The Balaban J connectivity index is 1.94. The number of sulfonamides is 1. The number of nitrogens with one attached hydrogen (secondary N) is 2. The summed E-state index contributed by atoms with van der Waals surface area (Å²) in [5.74, 6) is -0.571. The highest BCUT2D eigenvalue weighted by atomic mass is 32.2. The largest absolute Gasteiger partial charge is 0.351 e. The average molecular weight is 375 g/mol. The van der Waals surface area contributed by atoms with Crippen molar-refractivity contribution in [1.29, 1.82) is 0 Å². The maximum atomic E-state index is 12.5. The Bertz CT molecular complexity index is 793. The lowest BCUT2D eigenvalue weighted by Gasteiger charge is -2.21. The second-order valence-corrected chi connectivity index (χ2v) is 8.35. The smallest absolute Gasteiger partial charge is 0.238 e. The quantitative estimate of drug-likeness (QED) is 0.700. The number of amides is 1. The molecule has 2 N–H and O–H groups in total. The molecule has 140 valence electrons. The summed E-state index contributed by atoms with van der Waals surface area (Å²) in [6, 6.07) is 12.2. The van der Waals surface area contributed by atoms with Crippen LogP contribution in [0.15, 0.2) is 54.9 Å². The fraction of sp³-hybridized carbons (Fsp3) is 0.368. The fourth-order valence-corrected chi connectivity index (χ4v) is 3.83. The highest BCUT2D eigenvalue weighted by Crippen LogP contribution is 2.07. The lowest BCUT2D eigenvalue weighted by Crippen LogP contribution is -2.50. The van der Waals surface area contributed by atoms with Crippen molar-refractivity contribution in [3.05, 3.63) is 66.0 Å². The van der Waals surface area contributed by atoms with Gasteiger partial charge in [0.05, 0.1) is 5.75 Å². The third kappa shape index (κ3) is 6.57. The van der Waals surface area contributed by atoms with E-state index in [2.05, 4.69) is 15.0 Å². The molecule has 2 rings (SSSR count). The molecule has 26 heavy (non-hydrogen) atoms. The van der Waals surface area contributed by atoms with Crippen LogP contribution in [0.2, 0.25) is 0 Å². The third-order valence-electron chi connectivity index (χ3n) is 3.95. The lowest BCUT2D eigenvalue weighted by atomic mass is 10.0. The van der Waals surface area contributed by atoms with E-state index in [0.717, 1.165) is 11.1 Å². The van der Waals surface area contributed by atoms with Gasteiger partial charge in [-0.2, -0.15) is 0 Å². The minimum Gasteiger partial charge on any atom is -0.351 e. The predicted molar refractivity (Wildman–Crippen MR) is 102 cm³/mol. The fourth-order valence-electron chi connectivity index (χ4n) is 2.44. The minimum absolute atomic E-state index is 0.0594.